The highest BCUT2D eigenvalue weighted by atomic mass is 19.1. The van der Waals surface area contributed by atoms with Crippen molar-refractivity contribution in [1.82, 2.24) is 14.8 Å². The molecule has 1 amide bonds. The Morgan fingerprint density at radius 3 is 2.66 bits per heavy atom. The van der Waals surface area contributed by atoms with E-state index >= 15 is 0 Å². The largest absolute Gasteiger partial charge is 0.483 e. The molecular formula is C23H25F2N3O4. The Morgan fingerprint density at radius 1 is 1.31 bits per heavy atom. The van der Waals surface area contributed by atoms with Gasteiger partial charge in [0.15, 0.2) is 11.5 Å². The Bertz CT molecular complexity index is 1030. The monoisotopic (exact) mass is 445 g/mol. The Labute approximate surface area is 184 Å². The lowest BCUT2D eigenvalue weighted by Gasteiger charge is -2.40. The number of aromatic carboxylic acids is 1. The molecule has 1 fully saturated rings. The summed E-state index contributed by atoms with van der Waals surface area (Å²) in [6.07, 6.45) is 1.75. The molecule has 32 heavy (non-hydrogen) atoms. The number of aromatic nitrogens is 1. The predicted octanol–water partition coefficient (Wildman–Crippen LogP) is 3.21. The summed E-state index contributed by atoms with van der Waals surface area (Å²) in [5, 5.41) is 8.97. The summed E-state index contributed by atoms with van der Waals surface area (Å²) < 4.78 is 34.3. The molecule has 1 aromatic heterocycles. The van der Waals surface area contributed by atoms with E-state index in [9.17, 15) is 18.4 Å². The average molecular weight is 445 g/mol. The van der Waals surface area contributed by atoms with Crippen molar-refractivity contribution in [2.45, 2.75) is 26.0 Å². The smallest absolute Gasteiger partial charge is 0.357 e. The number of ether oxygens (including phenoxy) is 1. The second kappa shape index (κ2) is 9.86. The zero-order valence-electron chi connectivity index (χ0n) is 17.9. The van der Waals surface area contributed by atoms with E-state index in [0.29, 0.717) is 37.3 Å². The van der Waals surface area contributed by atoms with Gasteiger partial charge in [0, 0.05) is 38.3 Å². The normalized spacial score (nSPS) is 17.6. The van der Waals surface area contributed by atoms with E-state index in [1.165, 1.54) is 12.1 Å². The van der Waals surface area contributed by atoms with Gasteiger partial charge in [-0.25, -0.2) is 18.6 Å². The van der Waals surface area contributed by atoms with Gasteiger partial charge in [0.2, 0.25) is 5.91 Å². The number of carboxylic acids is 1. The fraction of sp³-hybridized carbons (Fsp3) is 0.348. The first-order valence-electron chi connectivity index (χ1n) is 10.2. The fourth-order valence-corrected chi connectivity index (χ4v) is 3.70. The third-order valence-corrected chi connectivity index (χ3v) is 5.46. The molecule has 1 aliphatic heterocycles. The number of nitrogens with zero attached hydrogens (tertiary/aromatic N) is 3. The maximum atomic E-state index is 14.2. The Morgan fingerprint density at radius 2 is 2.06 bits per heavy atom. The van der Waals surface area contributed by atoms with Crippen LogP contribution >= 0.6 is 0 Å². The number of hydrogen-bond acceptors (Lipinski definition) is 5. The highest BCUT2D eigenvalue weighted by Gasteiger charge is 2.29. The molecule has 0 bridgehead atoms. The van der Waals surface area contributed by atoms with Crippen molar-refractivity contribution in [2.75, 3.05) is 26.2 Å². The van der Waals surface area contributed by atoms with Gasteiger partial charge in [0.1, 0.15) is 17.7 Å². The maximum absolute atomic E-state index is 14.2. The predicted molar refractivity (Wildman–Crippen MR) is 113 cm³/mol. The van der Waals surface area contributed by atoms with Crippen LogP contribution in [0.2, 0.25) is 0 Å². The molecule has 3 rings (SSSR count). The molecule has 0 aliphatic carbocycles. The Kier molecular flexibility index (Phi) is 7.19. The van der Waals surface area contributed by atoms with Crippen molar-refractivity contribution in [3.63, 3.8) is 0 Å². The van der Waals surface area contributed by atoms with Crippen LogP contribution < -0.4 is 4.74 Å². The molecule has 0 spiro atoms. The lowest BCUT2D eigenvalue weighted by Crippen LogP contribution is -2.54. The molecule has 7 nitrogen and oxygen atoms in total. The third kappa shape index (κ3) is 5.28. The van der Waals surface area contributed by atoms with Crippen LogP contribution in [0.1, 0.15) is 34.6 Å². The number of carboxylic acid groups (broad SMARTS) is 1. The SMILES string of the molecule is C=CC(=O)N1CCN(C[C@@H](Oc2cnc(C(=O)O)c(F)c2)c2ccc(C)c(F)c2)C[C@H]1C. The van der Waals surface area contributed by atoms with Gasteiger partial charge in [0.25, 0.3) is 0 Å². The second-order valence-corrected chi connectivity index (χ2v) is 7.77. The van der Waals surface area contributed by atoms with Crippen LogP contribution in [0.15, 0.2) is 43.1 Å². The minimum Gasteiger partial charge on any atom is -0.483 e. The summed E-state index contributed by atoms with van der Waals surface area (Å²) in [6, 6.07) is 5.64. The van der Waals surface area contributed by atoms with E-state index in [1.807, 2.05) is 6.92 Å². The van der Waals surface area contributed by atoms with E-state index in [-0.39, 0.29) is 17.7 Å². The molecule has 0 radical (unpaired) electrons. The minimum absolute atomic E-state index is 0.0343. The maximum Gasteiger partial charge on any atom is 0.357 e. The Hall–Kier alpha value is -3.33. The number of amides is 1. The highest BCUT2D eigenvalue weighted by Crippen LogP contribution is 2.26. The van der Waals surface area contributed by atoms with Crippen LogP contribution in [0, 0.1) is 18.6 Å². The van der Waals surface area contributed by atoms with Crippen LogP contribution in [0.5, 0.6) is 5.75 Å². The molecule has 1 aromatic carbocycles. The molecule has 1 saturated heterocycles. The van der Waals surface area contributed by atoms with E-state index in [1.54, 1.807) is 24.0 Å². The van der Waals surface area contributed by atoms with Crippen molar-refractivity contribution in [2.24, 2.45) is 0 Å². The summed E-state index contributed by atoms with van der Waals surface area (Å²) in [7, 11) is 0. The first kappa shape index (κ1) is 23.3. The number of halogens is 2. The summed E-state index contributed by atoms with van der Waals surface area (Å²) >= 11 is 0. The van der Waals surface area contributed by atoms with Gasteiger partial charge in [-0.15, -0.1) is 0 Å². The van der Waals surface area contributed by atoms with Crippen molar-refractivity contribution >= 4 is 11.9 Å². The third-order valence-electron chi connectivity index (χ3n) is 5.46. The van der Waals surface area contributed by atoms with Crippen molar-refractivity contribution in [3.05, 3.63) is 71.6 Å². The quantitative estimate of drug-likeness (QED) is 0.659. The van der Waals surface area contributed by atoms with Gasteiger partial charge in [-0.05, 0) is 37.1 Å². The first-order chi connectivity index (χ1) is 15.2. The molecule has 2 aromatic rings. The fourth-order valence-electron chi connectivity index (χ4n) is 3.70. The zero-order valence-corrected chi connectivity index (χ0v) is 17.9. The summed E-state index contributed by atoms with van der Waals surface area (Å²) in [5.74, 6) is -2.99. The van der Waals surface area contributed by atoms with Gasteiger partial charge in [-0.2, -0.15) is 0 Å². The molecule has 0 unspecified atom stereocenters. The van der Waals surface area contributed by atoms with Crippen LogP contribution in [-0.2, 0) is 4.79 Å². The number of benzene rings is 1. The molecule has 2 atom stereocenters. The molecule has 1 aliphatic rings. The molecule has 0 saturated carbocycles. The van der Waals surface area contributed by atoms with Crippen LogP contribution in [0.3, 0.4) is 0 Å². The number of carbonyl (C=O) groups is 2. The number of carbonyl (C=O) groups excluding carboxylic acids is 1. The standard InChI is InChI=1S/C23H25F2N3O4/c1-4-21(29)28-8-7-27(12-15(28)3)13-20(16-6-5-14(2)18(24)9-16)32-17-10-19(25)22(23(30)31)26-11-17/h4-6,9-11,15,20H,1,7-8,12-13H2,2-3H3,(H,30,31)/t15-,20-/m1/s1. The summed E-state index contributed by atoms with van der Waals surface area (Å²) in [4.78, 5) is 30.4. The van der Waals surface area contributed by atoms with Gasteiger partial charge < -0.3 is 14.7 Å². The second-order valence-electron chi connectivity index (χ2n) is 7.77. The molecule has 2 heterocycles. The Balaban J connectivity index is 1.83. The number of piperazine rings is 1. The molecular weight excluding hydrogens is 420 g/mol. The topological polar surface area (TPSA) is 83.0 Å². The lowest BCUT2D eigenvalue weighted by atomic mass is 10.0. The van der Waals surface area contributed by atoms with Gasteiger partial charge in [-0.1, -0.05) is 18.7 Å². The van der Waals surface area contributed by atoms with Crippen LogP contribution in [-0.4, -0.2) is 64.0 Å². The molecule has 170 valence electrons. The van der Waals surface area contributed by atoms with Gasteiger partial charge in [-0.3, -0.25) is 9.69 Å². The molecule has 9 heteroatoms. The minimum atomic E-state index is -1.48. The van der Waals surface area contributed by atoms with Crippen molar-refractivity contribution in [1.29, 1.82) is 0 Å². The van der Waals surface area contributed by atoms with E-state index in [4.69, 9.17) is 9.84 Å². The van der Waals surface area contributed by atoms with Gasteiger partial charge >= 0.3 is 5.97 Å². The van der Waals surface area contributed by atoms with E-state index in [0.717, 1.165) is 12.3 Å². The summed E-state index contributed by atoms with van der Waals surface area (Å²) in [5.41, 5.74) is 0.330. The highest BCUT2D eigenvalue weighted by molar-refractivity contribution is 5.87. The number of rotatable bonds is 7. The van der Waals surface area contributed by atoms with E-state index in [2.05, 4.69) is 16.5 Å². The van der Waals surface area contributed by atoms with Crippen LogP contribution in [0.4, 0.5) is 8.78 Å². The van der Waals surface area contributed by atoms with Crippen molar-refractivity contribution < 1.29 is 28.2 Å². The number of hydrogen-bond donors (Lipinski definition) is 1. The summed E-state index contributed by atoms with van der Waals surface area (Å²) in [6.45, 7) is 9.11. The zero-order chi connectivity index (χ0) is 23.4. The van der Waals surface area contributed by atoms with Gasteiger partial charge in [0.05, 0.1) is 6.20 Å². The molecule has 1 N–H and O–H groups in total. The number of pyridine rings is 1. The number of aryl methyl sites for hydroxylation is 1. The van der Waals surface area contributed by atoms with Crippen LogP contribution in [0.25, 0.3) is 0 Å². The average Bonchev–Trinajstić information content (AvgIpc) is 2.74. The van der Waals surface area contributed by atoms with E-state index < -0.39 is 29.4 Å². The first-order valence-corrected chi connectivity index (χ1v) is 10.2. The van der Waals surface area contributed by atoms with Crippen molar-refractivity contribution in [3.8, 4) is 5.75 Å². The lowest BCUT2D eigenvalue weighted by molar-refractivity contribution is -0.130.